The summed E-state index contributed by atoms with van der Waals surface area (Å²) in [5.41, 5.74) is 1.05. The Bertz CT molecular complexity index is 842. The van der Waals surface area contributed by atoms with Gasteiger partial charge in [-0.2, -0.15) is 0 Å². The van der Waals surface area contributed by atoms with E-state index >= 15 is 0 Å². The van der Waals surface area contributed by atoms with Crippen LogP contribution >= 0.6 is 0 Å². The van der Waals surface area contributed by atoms with Gasteiger partial charge in [0.1, 0.15) is 19.3 Å². The number of urea groups is 1. The number of pyridine rings is 1. The van der Waals surface area contributed by atoms with Crippen LogP contribution in [0.15, 0.2) is 48.7 Å². The van der Waals surface area contributed by atoms with Crippen molar-refractivity contribution in [3.63, 3.8) is 0 Å². The SMILES string of the molecule is O=C1NCCN1C1CCN(CC(O)COc2cccnc2OCc2ccccc2)CC1. The van der Waals surface area contributed by atoms with Crippen LogP contribution in [0.1, 0.15) is 18.4 Å². The van der Waals surface area contributed by atoms with E-state index in [4.69, 9.17) is 9.47 Å². The molecule has 2 fully saturated rings. The van der Waals surface area contributed by atoms with E-state index < -0.39 is 6.10 Å². The van der Waals surface area contributed by atoms with Gasteiger partial charge in [-0.05, 0) is 30.5 Å². The molecule has 8 nitrogen and oxygen atoms in total. The van der Waals surface area contributed by atoms with Crippen LogP contribution < -0.4 is 14.8 Å². The monoisotopic (exact) mass is 426 g/mol. The van der Waals surface area contributed by atoms with Gasteiger partial charge in [-0.3, -0.25) is 0 Å². The summed E-state index contributed by atoms with van der Waals surface area (Å²) in [5.74, 6) is 0.944. The molecule has 0 bridgehead atoms. The van der Waals surface area contributed by atoms with E-state index in [1.165, 1.54) is 0 Å². The molecule has 3 heterocycles. The van der Waals surface area contributed by atoms with Gasteiger partial charge in [0.25, 0.3) is 5.88 Å². The van der Waals surface area contributed by atoms with Gasteiger partial charge >= 0.3 is 6.03 Å². The highest BCUT2D eigenvalue weighted by Crippen LogP contribution is 2.25. The number of ether oxygens (including phenoxy) is 2. The Morgan fingerprint density at radius 2 is 1.90 bits per heavy atom. The molecular formula is C23H30N4O4. The van der Waals surface area contributed by atoms with Crippen molar-refractivity contribution < 1.29 is 19.4 Å². The number of hydrogen-bond donors (Lipinski definition) is 2. The van der Waals surface area contributed by atoms with E-state index in [1.54, 1.807) is 18.3 Å². The first-order chi connectivity index (χ1) is 15.2. The average Bonchev–Trinajstić information content (AvgIpc) is 3.24. The van der Waals surface area contributed by atoms with Gasteiger partial charge in [-0.1, -0.05) is 30.3 Å². The summed E-state index contributed by atoms with van der Waals surface area (Å²) in [6.07, 6.45) is 2.91. The molecule has 1 unspecified atom stereocenters. The second kappa shape index (κ2) is 10.5. The third-order valence-corrected chi connectivity index (χ3v) is 5.74. The zero-order valence-corrected chi connectivity index (χ0v) is 17.7. The van der Waals surface area contributed by atoms with E-state index in [-0.39, 0.29) is 12.6 Å². The molecular weight excluding hydrogens is 396 g/mol. The molecule has 0 saturated carbocycles. The van der Waals surface area contributed by atoms with Crippen LogP contribution in [0.3, 0.4) is 0 Å². The number of carbonyl (C=O) groups is 1. The van der Waals surface area contributed by atoms with Gasteiger partial charge in [0.2, 0.25) is 0 Å². The molecule has 0 aliphatic carbocycles. The molecule has 2 amide bonds. The standard InChI is InChI=1S/C23H30N4O4/c28-20(15-26-12-8-19(9-13-26)27-14-11-25-23(27)29)17-30-21-7-4-10-24-22(21)31-16-18-5-2-1-3-6-18/h1-7,10,19-20,28H,8-9,11-17H2,(H,25,29). The highest BCUT2D eigenvalue weighted by atomic mass is 16.5. The van der Waals surface area contributed by atoms with Crippen molar-refractivity contribution in [2.24, 2.45) is 0 Å². The lowest BCUT2D eigenvalue weighted by molar-refractivity contribution is 0.0497. The van der Waals surface area contributed by atoms with Gasteiger partial charge in [-0.25, -0.2) is 9.78 Å². The number of nitrogens with zero attached hydrogens (tertiary/aromatic N) is 3. The van der Waals surface area contributed by atoms with E-state index in [1.807, 2.05) is 35.2 Å². The predicted octanol–water partition coefficient (Wildman–Crippen LogP) is 1.89. The van der Waals surface area contributed by atoms with E-state index in [0.29, 0.717) is 30.8 Å². The highest BCUT2D eigenvalue weighted by Gasteiger charge is 2.31. The fourth-order valence-electron chi connectivity index (χ4n) is 4.11. The number of carbonyl (C=O) groups excluding carboxylic acids is 1. The number of likely N-dealkylation sites (tertiary alicyclic amines) is 1. The maximum atomic E-state index is 11.8. The first-order valence-electron chi connectivity index (χ1n) is 10.9. The molecule has 31 heavy (non-hydrogen) atoms. The first-order valence-corrected chi connectivity index (χ1v) is 10.9. The Morgan fingerprint density at radius 3 is 2.65 bits per heavy atom. The number of nitrogens with one attached hydrogen (secondary N) is 1. The molecule has 2 aliphatic rings. The Hall–Kier alpha value is -2.84. The normalized spacial score (nSPS) is 18.6. The lowest BCUT2D eigenvalue weighted by Gasteiger charge is -2.36. The van der Waals surface area contributed by atoms with Crippen molar-refractivity contribution in [2.75, 3.05) is 39.3 Å². The Labute approximate surface area is 182 Å². The summed E-state index contributed by atoms with van der Waals surface area (Å²) in [7, 11) is 0. The number of rotatable bonds is 9. The third kappa shape index (κ3) is 5.86. The topological polar surface area (TPSA) is 87.2 Å². The lowest BCUT2D eigenvalue weighted by Crippen LogP contribution is -2.48. The number of amides is 2. The van der Waals surface area contributed by atoms with E-state index in [2.05, 4.69) is 15.2 Å². The molecule has 1 atom stereocenters. The van der Waals surface area contributed by atoms with Gasteiger partial charge in [0, 0.05) is 45.0 Å². The number of aromatic nitrogens is 1. The van der Waals surface area contributed by atoms with Crippen molar-refractivity contribution in [1.82, 2.24) is 20.1 Å². The molecule has 4 rings (SSSR count). The van der Waals surface area contributed by atoms with Gasteiger partial charge in [0.15, 0.2) is 5.75 Å². The number of benzene rings is 1. The van der Waals surface area contributed by atoms with E-state index in [0.717, 1.165) is 44.6 Å². The quantitative estimate of drug-likeness (QED) is 0.637. The number of hydrogen-bond acceptors (Lipinski definition) is 6. The van der Waals surface area contributed by atoms with Crippen LogP contribution in [0.5, 0.6) is 11.6 Å². The zero-order chi connectivity index (χ0) is 21.5. The summed E-state index contributed by atoms with van der Waals surface area (Å²) in [4.78, 5) is 20.3. The van der Waals surface area contributed by atoms with Crippen LogP contribution in [0.4, 0.5) is 4.79 Å². The second-order valence-corrected chi connectivity index (χ2v) is 8.00. The molecule has 2 saturated heterocycles. The fourth-order valence-corrected chi connectivity index (χ4v) is 4.11. The average molecular weight is 427 g/mol. The second-order valence-electron chi connectivity index (χ2n) is 8.00. The molecule has 166 valence electrons. The van der Waals surface area contributed by atoms with Crippen LogP contribution in [0.25, 0.3) is 0 Å². The summed E-state index contributed by atoms with van der Waals surface area (Å²) in [6.45, 7) is 4.37. The number of piperidine rings is 1. The minimum absolute atomic E-state index is 0.0497. The van der Waals surface area contributed by atoms with Crippen molar-refractivity contribution in [3.8, 4) is 11.6 Å². The largest absolute Gasteiger partial charge is 0.485 e. The Balaban J connectivity index is 1.21. The summed E-state index contributed by atoms with van der Waals surface area (Å²) >= 11 is 0. The van der Waals surface area contributed by atoms with Crippen molar-refractivity contribution in [1.29, 1.82) is 0 Å². The molecule has 1 aromatic carbocycles. The minimum Gasteiger partial charge on any atom is -0.485 e. The van der Waals surface area contributed by atoms with Crippen molar-refractivity contribution in [3.05, 3.63) is 54.2 Å². The molecule has 2 aliphatic heterocycles. The summed E-state index contributed by atoms with van der Waals surface area (Å²) in [6, 6.07) is 13.8. The van der Waals surface area contributed by atoms with E-state index in [9.17, 15) is 9.90 Å². The van der Waals surface area contributed by atoms with Gasteiger partial charge in [0.05, 0.1) is 0 Å². The molecule has 2 N–H and O–H groups in total. The van der Waals surface area contributed by atoms with Crippen molar-refractivity contribution in [2.45, 2.75) is 31.6 Å². The molecule has 8 heteroatoms. The molecule has 1 aromatic heterocycles. The lowest BCUT2D eigenvalue weighted by atomic mass is 10.0. The smallest absolute Gasteiger partial charge is 0.317 e. The zero-order valence-electron chi connectivity index (χ0n) is 17.7. The summed E-state index contributed by atoms with van der Waals surface area (Å²) in [5, 5.41) is 13.3. The minimum atomic E-state index is -0.617. The van der Waals surface area contributed by atoms with Crippen LogP contribution in [0, 0.1) is 0 Å². The summed E-state index contributed by atoms with van der Waals surface area (Å²) < 4.78 is 11.6. The highest BCUT2D eigenvalue weighted by molar-refractivity contribution is 5.76. The first kappa shape index (κ1) is 21.4. The molecule has 0 radical (unpaired) electrons. The maximum Gasteiger partial charge on any atom is 0.317 e. The number of aliphatic hydroxyl groups excluding tert-OH is 1. The third-order valence-electron chi connectivity index (χ3n) is 5.74. The van der Waals surface area contributed by atoms with Crippen LogP contribution in [0.2, 0.25) is 0 Å². The van der Waals surface area contributed by atoms with Crippen LogP contribution in [-0.2, 0) is 6.61 Å². The Kier molecular flexibility index (Phi) is 7.22. The number of β-amino-alcohol motifs (C(OH)–C–C–N with tert-alkyl or cyclic N) is 1. The molecule has 2 aromatic rings. The molecule has 0 spiro atoms. The van der Waals surface area contributed by atoms with Crippen LogP contribution in [-0.4, -0.2) is 77.4 Å². The Morgan fingerprint density at radius 1 is 1.10 bits per heavy atom. The maximum absolute atomic E-state index is 11.8. The van der Waals surface area contributed by atoms with Gasteiger partial charge < -0.3 is 29.7 Å². The number of aliphatic hydroxyl groups is 1. The fraction of sp³-hybridized carbons (Fsp3) is 0.478. The van der Waals surface area contributed by atoms with Gasteiger partial charge in [-0.15, -0.1) is 0 Å². The van der Waals surface area contributed by atoms with Crippen molar-refractivity contribution >= 4 is 6.03 Å². The predicted molar refractivity (Wildman–Crippen MR) is 116 cm³/mol.